The molecule has 7 aromatic carbocycles. The number of hydrogen-bond acceptors (Lipinski definition) is 3. The molecule has 3 heteroatoms. The molecular formula is C46H33NOS. The van der Waals surface area contributed by atoms with Crippen LogP contribution in [0.5, 0.6) is 0 Å². The van der Waals surface area contributed by atoms with E-state index in [9.17, 15) is 4.79 Å². The van der Waals surface area contributed by atoms with Crippen molar-refractivity contribution in [1.82, 2.24) is 0 Å². The van der Waals surface area contributed by atoms with Gasteiger partial charge in [-0.3, -0.25) is 4.79 Å². The van der Waals surface area contributed by atoms with Crippen LogP contribution >= 0.6 is 11.8 Å². The molecule has 49 heavy (non-hydrogen) atoms. The number of rotatable bonds is 4. The third-order valence-electron chi connectivity index (χ3n) is 10.1. The molecule has 2 aliphatic rings. The zero-order valence-electron chi connectivity index (χ0n) is 27.4. The second kappa shape index (κ2) is 11.5. The van der Waals surface area contributed by atoms with E-state index < -0.39 is 0 Å². The molecule has 0 amide bonds. The lowest BCUT2D eigenvalue weighted by Gasteiger charge is -2.34. The van der Waals surface area contributed by atoms with Crippen molar-refractivity contribution in [1.29, 1.82) is 0 Å². The van der Waals surface area contributed by atoms with Gasteiger partial charge in [-0.1, -0.05) is 147 Å². The smallest absolute Gasteiger partial charge is 0.193 e. The summed E-state index contributed by atoms with van der Waals surface area (Å²) in [6.07, 6.45) is 0. The summed E-state index contributed by atoms with van der Waals surface area (Å²) in [4.78, 5) is 18.3. The van der Waals surface area contributed by atoms with Gasteiger partial charge in [0, 0.05) is 32.0 Å². The number of benzene rings is 7. The van der Waals surface area contributed by atoms with E-state index in [2.05, 4.69) is 158 Å². The molecule has 2 nitrogen and oxygen atoms in total. The monoisotopic (exact) mass is 647 g/mol. The summed E-state index contributed by atoms with van der Waals surface area (Å²) in [6.45, 7) is 4.44. The molecule has 0 aromatic heterocycles. The molecule has 0 saturated carbocycles. The van der Waals surface area contributed by atoms with Crippen LogP contribution < -0.4 is 4.90 Å². The van der Waals surface area contributed by atoms with Crippen LogP contribution in [0.15, 0.2) is 174 Å². The molecule has 7 aromatic rings. The highest BCUT2D eigenvalue weighted by Gasteiger charge is 2.36. The Morgan fingerprint density at radius 3 is 1.53 bits per heavy atom. The minimum atomic E-state index is -0.272. The topological polar surface area (TPSA) is 20.3 Å². The first-order valence-corrected chi connectivity index (χ1v) is 17.5. The molecule has 1 heterocycles. The number of carbonyl (C=O) groups excluding carboxylic acids is 1. The van der Waals surface area contributed by atoms with E-state index in [1.165, 1.54) is 43.4 Å². The lowest BCUT2D eigenvalue weighted by molar-refractivity contribution is 0.103. The van der Waals surface area contributed by atoms with Gasteiger partial charge in [-0.2, -0.15) is 0 Å². The van der Waals surface area contributed by atoms with E-state index in [1.807, 2.05) is 36.0 Å². The summed E-state index contributed by atoms with van der Waals surface area (Å²) in [6, 6.07) is 58.0. The predicted octanol–water partition coefficient (Wildman–Crippen LogP) is 12.5. The van der Waals surface area contributed by atoms with E-state index in [-0.39, 0.29) is 11.2 Å². The van der Waals surface area contributed by atoms with Gasteiger partial charge < -0.3 is 4.90 Å². The van der Waals surface area contributed by atoms with Crippen LogP contribution in [0, 0.1) is 0 Å². The number of nitrogens with zero attached hydrogens (tertiary/aromatic N) is 1. The summed E-state index contributed by atoms with van der Waals surface area (Å²) in [5.74, 6) is 0.109. The van der Waals surface area contributed by atoms with Crippen molar-refractivity contribution >= 4 is 34.6 Å². The van der Waals surface area contributed by atoms with Crippen molar-refractivity contribution in [3.63, 3.8) is 0 Å². The van der Waals surface area contributed by atoms with Crippen molar-refractivity contribution in [3.05, 3.63) is 186 Å². The summed E-state index contributed by atoms with van der Waals surface area (Å²) < 4.78 is 0. The Bertz CT molecular complexity index is 2310. The van der Waals surface area contributed by atoms with E-state index in [0.29, 0.717) is 0 Å². The first-order chi connectivity index (χ1) is 24.0. The molecule has 0 bridgehead atoms. The summed E-state index contributed by atoms with van der Waals surface area (Å²) in [5, 5.41) is 0. The van der Waals surface area contributed by atoms with Gasteiger partial charge in [-0.15, -0.1) is 0 Å². The number of carbonyl (C=O) groups is 1. The van der Waals surface area contributed by atoms with Crippen LogP contribution in [0.4, 0.5) is 17.1 Å². The third-order valence-corrected chi connectivity index (χ3v) is 11.2. The first kappa shape index (κ1) is 29.5. The van der Waals surface area contributed by atoms with Gasteiger partial charge in [-0.25, -0.2) is 0 Å². The number of anilines is 3. The Kier molecular flexibility index (Phi) is 6.93. The van der Waals surface area contributed by atoms with Crippen LogP contribution in [0.1, 0.15) is 40.9 Å². The van der Waals surface area contributed by atoms with Crippen LogP contribution in [0.3, 0.4) is 0 Å². The maximum Gasteiger partial charge on any atom is 0.193 e. The van der Waals surface area contributed by atoms with Crippen molar-refractivity contribution in [2.45, 2.75) is 29.1 Å². The standard InChI is InChI=1S/C46H33NOS/c1-46(2)39-16-10-9-15-37(39)45(48)38-24-19-33(27-40(38)46)32-17-22-36(23-18-32)47-41-25-20-34(30-11-5-3-6-12-30)28-43(41)49-44-29-35(21-26-42(44)47)31-13-7-4-8-14-31/h3-29H,1-2H3. The lowest BCUT2D eigenvalue weighted by atomic mass is 9.68. The number of fused-ring (bicyclic) bond motifs is 4. The van der Waals surface area contributed by atoms with Gasteiger partial charge in [0.15, 0.2) is 5.78 Å². The van der Waals surface area contributed by atoms with E-state index in [1.54, 1.807) is 0 Å². The second-order valence-corrected chi connectivity index (χ2v) is 14.4. The number of hydrogen-bond donors (Lipinski definition) is 0. The van der Waals surface area contributed by atoms with Crippen molar-refractivity contribution in [3.8, 4) is 33.4 Å². The molecule has 9 rings (SSSR count). The minimum Gasteiger partial charge on any atom is -0.308 e. The van der Waals surface area contributed by atoms with Gasteiger partial charge in [0.1, 0.15) is 0 Å². The molecule has 1 aliphatic carbocycles. The van der Waals surface area contributed by atoms with Gasteiger partial charge in [-0.05, 0) is 87.0 Å². The Hall–Kier alpha value is -5.64. The lowest BCUT2D eigenvalue weighted by Crippen LogP contribution is -2.30. The van der Waals surface area contributed by atoms with Crippen LogP contribution in [-0.2, 0) is 5.41 Å². The fourth-order valence-electron chi connectivity index (χ4n) is 7.47. The Morgan fingerprint density at radius 2 is 0.918 bits per heavy atom. The van der Waals surface area contributed by atoms with Crippen molar-refractivity contribution in [2.75, 3.05) is 4.90 Å². The van der Waals surface area contributed by atoms with Crippen LogP contribution in [0.2, 0.25) is 0 Å². The summed E-state index contributed by atoms with van der Waals surface area (Å²) in [5.41, 5.74) is 14.0. The quantitative estimate of drug-likeness (QED) is 0.190. The molecule has 0 atom stereocenters. The minimum absolute atomic E-state index is 0.109. The second-order valence-electron chi connectivity index (χ2n) is 13.3. The maximum atomic E-state index is 13.5. The fourth-order valence-corrected chi connectivity index (χ4v) is 8.60. The van der Waals surface area contributed by atoms with E-state index in [4.69, 9.17) is 0 Å². The molecule has 0 saturated heterocycles. The van der Waals surface area contributed by atoms with Gasteiger partial charge in [0.05, 0.1) is 11.4 Å². The average molecular weight is 648 g/mol. The van der Waals surface area contributed by atoms with E-state index >= 15 is 0 Å². The Morgan fingerprint density at radius 1 is 0.449 bits per heavy atom. The zero-order valence-corrected chi connectivity index (χ0v) is 28.2. The fraction of sp³-hybridized carbons (Fsp3) is 0.0652. The van der Waals surface area contributed by atoms with Crippen LogP contribution in [0.25, 0.3) is 33.4 Å². The van der Waals surface area contributed by atoms with Gasteiger partial charge >= 0.3 is 0 Å². The molecule has 234 valence electrons. The molecular weight excluding hydrogens is 615 g/mol. The highest BCUT2D eigenvalue weighted by atomic mass is 32.2. The third kappa shape index (κ3) is 4.93. The Labute approximate surface area is 291 Å². The van der Waals surface area contributed by atoms with E-state index in [0.717, 1.165) is 39.1 Å². The van der Waals surface area contributed by atoms with Gasteiger partial charge in [0.25, 0.3) is 0 Å². The molecule has 0 radical (unpaired) electrons. The SMILES string of the molecule is CC1(C)c2ccccc2C(=O)c2ccc(-c3ccc(N4c5ccc(-c6ccccc6)cc5Sc5cc(-c6ccccc6)ccc54)cc3)cc21. The first-order valence-electron chi connectivity index (χ1n) is 16.7. The molecule has 1 aliphatic heterocycles. The molecule has 0 spiro atoms. The highest BCUT2D eigenvalue weighted by Crippen LogP contribution is 2.53. The molecule has 0 fully saturated rings. The average Bonchev–Trinajstić information content (AvgIpc) is 3.16. The predicted molar refractivity (Wildman–Crippen MR) is 204 cm³/mol. The van der Waals surface area contributed by atoms with Gasteiger partial charge in [0.2, 0.25) is 0 Å². The zero-order chi connectivity index (χ0) is 33.1. The summed E-state index contributed by atoms with van der Waals surface area (Å²) >= 11 is 1.84. The van der Waals surface area contributed by atoms with Crippen molar-refractivity contribution < 1.29 is 4.79 Å². The molecule has 0 unspecified atom stereocenters. The molecule has 0 N–H and O–H groups in total. The maximum absolute atomic E-state index is 13.5. The van der Waals surface area contributed by atoms with Crippen molar-refractivity contribution in [2.24, 2.45) is 0 Å². The Balaban J connectivity index is 1.12. The van der Waals surface area contributed by atoms with Crippen LogP contribution in [-0.4, -0.2) is 5.78 Å². The largest absolute Gasteiger partial charge is 0.308 e. The number of ketones is 1. The highest BCUT2D eigenvalue weighted by molar-refractivity contribution is 7.99. The summed E-state index contributed by atoms with van der Waals surface area (Å²) in [7, 11) is 0. The normalized spacial score (nSPS) is 14.0.